The molecule has 1 atom stereocenters. The average molecular weight is 757 g/mol. The fourth-order valence-electron chi connectivity index (χ4n) is 13.0. The fourth-order valence-corrected chi connectivity index (χ4v) is 13.0. The van der Waals surface area contributed by atoms with E-state index in [1.807, 2.05) is 7.11 Å². The third kappa shape index (κ3) is 9.67. The molecule has 6 saturated carbocycles. The van der Waals surface area contributed by atoms with Gasteiger partial charge in [-0.2, -0.15) is 0 Å². The van der Waals surface area contributed by atoms with Gasteiger partial charge in [-0.25, -0.2) is 0 Å². The van der Waals surface area contributed by atoms with Crippen LogP contribution in [0.3, 0.4) is 0 Å². The summed E-state index contributed by atoms with van der Waals surface area (Å²) in [4.78, 5) is 26.6. The van der Waals surface area contributed by atoms with Crippen LogP contribution in [-0.4, -0.2) is 43.1 Å². The lowest BCUT2D eigenvalue weighted by molar-refractivity contribution is -0.131. The number of ether oxygens (including phenoxy) is 3. The molecule has 6 fully saturated rings. The Morgan fingerprint density at radius 3 is 1.44 bits per heavy atom. The predicted molar refractivity (Wildman–Crippen MR) is 222 cm³/mol. The molecular formula is C50H76O5. The smallest absolute Gasteiger partial charge is 0.139 e. The number of benzene rings is 1. The maximum absolute atomic E-state index is 13.3. The number of hydrogen-bond donors (Lipinski definition) is 0. The standard InChI is InChI=1S/C50H76O5/c1-34(2)50(40-18-28-43(53-4)29-19-40,41-20-30-46(31-21-41)54-44-24-14-38(15-25-44)48(51)36-8-6-5-7-9-36)42-22-32-47(33-23-42)55-45-26-16-39(17-27-45)49(52)37-12-10-35(3)11-13-37/h20-21,30-31,35-40,42-45,47H,1,5-19,22-29,32-33H2,2-4H3. The molecule has 306 valence electrons. The van der Waals surface area contributed by atoms with E-state index in [2.05, 4.69) is 38.1 Å². The van der Waals surface area contributed by atoms with Crippen molar-refractivity contribution in [2.45, 2.75) is 204 Å². The molecule has 0 aliphatic heterocycles. The molecule has 6 aliphatic rings. The first-order valence-electron chi connectivity index (χ1n) is 23.4. The first-order valence-corrected chi connectivity index (χ1v) is 23.4. The van der Waals surface area contributed by atoms with Crippen molar-refractivity contribution >= 4 is 11.6 Å². The van der Waals surface area contributed by atoms with Crippen molar-refractivity contribution < 1.29 is 23.8 Å². The summed E-state index contributed by atoms with van der Waals surface area (Å²) in [6, 6.07) is 9.22. The molecule has 1 aromatic carbocycles. The largest absolute Gasteiger partial charge is 0.490 e. The zero-order valence-corrected chi connectivity index (χ0v) is 35.1. The second-order valence-electron chi connectivity index (χ2n) is 19.7. The Bertz CT molecular complexity index is 1370. The van der Waals surface area contributed by atoms with E-state index in [9.17, 15) is 9.59 Å². The first kappa shape index (κ1) is 41.2. The van der Waals surface area contributed by atoms with Gasteiger partial charge in [0.25, 0.3) is 0 Å². The minimum Gasteiger partial charge on any atom is -0.490 e. The Morgan fingerprint density at radius 2 is 0.964 bits per heavy atom. The van der Waals surface area contributed by atoms with Crippen molar-refractivity contribution in [3.05, 3.63) is 42.0 Å². The lowest BCUT2D eigenvalue weighted by Gasteiger charge is -2.52. The zero-order valence-electron chi connectivity index (χ0n) is 35.1. The molecule has 0 aromatic heterocycles. The molecule has 6 aliphatic carbocycles. The van der Waals surface area contributed by atoms with Crippen LogP contribution in [-0.2, 0) is 24.5 Å². The number of rotatable bonds is 13. The van der Waals surface area contributed by atoms with Crippen LogP contribution < -0.4 is 4.74 Å². The van der Waals surface area contributed by atoms with Crippen molar-refractivity contribution in [3.8, 4) is 5.75 Å². The minimum absolute atomic E-state index is 0.0743. The molecule has 0 saturated heterocycles. The molecular weight excluding hydrogens is 681 g/mol. The summed E-state index contributed by atoms with van der Waals surface area (Å²) < 4.78 is 19.4. The van der Waals surface area contributed by atoms with E-state index in [0.717, 1.165) is 127 Å². The highest BCUT2D eigenvalue weighted by molar-refractivity contribution is 5.84. The van der Waals surface area contributed by atoms with Gasteiger partial charge in [0.15, 0.2) is 0 Å². The van der Waals surface area contributed by atoms with Crippen molar-refractivity contribution in [2.75, 3.05) is 7.11 Å². The summed E-state index contributed by atoms with van der Waals surface area (Å²) in [5.74, 6) is 5.12. The molecule has 1 aromatic rings. The molecule has 5 nitrogen and oxygen atoms in total. The van der Waals surface area contributed by atoms with Gasteiger partial charge < -0.3 is 14.2 Å². The van der Waals surface area contributed by atoms with Crippen molar-refractivity contribution in [1.29, 1.82) is 0 Å². The number of carbonyl (C=O) groups is 2. The Kier molecular flexibility index (Phi) is 14.4. The third-order valence-electron chi connectivity index (χ3n) is 16.3. The number of carbonyl (C=O) groups excluding carboxylic acids is 2. The van der Waals surface area contributed by atoms with E-state index in [1.165, 1.54) is 56.1 Å². The third-order valence-corrected chi connectivity index (χ3v) is 16.3. The molecule has 7 rings (SSSR count). The lowest BCUT2D eigenvalue weighted by Crippen LogP contribution is -2.47. The molecule has 0 spiro atoms. The van der Waals surface area contributed by atoms with Crippen LogP contribution in [0.15, 0.2) is 36.4 Å². The van der Waals surface area contributed by atoms with Gasteiger partial charge in [-0.15, -0.1) is 0 Å². The van der Waals surface area contributed by atoms with Crippen LogP contribution in [0.5, 0.6) is 5.75 Å². The molecule has 0 N–H and O–H groups in total. The summed E-state index contributed by atoms with van der Waals surface area (Å²) in [5, 5.41) is 0. The highest BCUT2D eigenvalue weighted by atomic mass is 16.5. The molecule has 0 amide bonds. The topological polar surface area (TPSA) is 61.8 Å². The SMILES string of the molecule is C=C(C)C(c1ccc(OC2CCC(C(=O)C3CCCCC3)CC2)cc1)(C1CCC(OC)CC1)C1CCC(OC2CCC(C(=O)C3CCC(C)CC3)CC2)CC1. The fraction of sp³-hybridized carbons (Fsp3) is 0.800. The number of Topliss-reactive ketones (excluding diaryl/α,β-unsaturated/α-hetero) is 2. The summed E-state index contributed by atoms with van der Waals surface area (Å²) in [6.07, 6.45) is 29.0. The number of hydrogen-bond acceptors (Lipinski definition) is 5. The van der Waals surface area contributed by atoms with E-state index in [-0.39, 0.29) is 23.4 Å². The van der Waals surface area contributed by atoms with Gasteiger partial charge in [0.05, 0.1) is 24.4 Å². The highest BCUT2D eigenvalue weighted by Crippen LogP contribution is 2.55. The van der Waals surface area contributed by atoms with Gasteiger partial charge in [0.2, 0.25) is 0 Å². The predicted octanol–water partition coefficient (Wildman–Crippen LogP) is 12.3. The monoisotopic (exact) mass is 757 g/mol. The van der Waals surface area contributed by atoms with E-state index < -0.39 is 0 Å². The molecule has 0 bridgehead atoms. The van der Waals surface area contributed by atoms with Crippen molar-refractivity contribution in [2.24, 2.45) is 41.4 Å². The van der Waals surface area contributed by atoms with E-state index in [0.29, 0.717) is 53.6 Å². The zero-order chi connectivity index (χ0) is 38.4. The minimum atomic E-state index is -0.0743. The summed E-state index contributed by atoms with van der Waals surface area (Å²) in [7, 11) is 1.87. The van der Waals surface area contributed by atoms with E-state index in [4.69, 9.17) is 20.8 Å². The Morgan fingerprint density at radius 1 is 0.545 bits per heavy atom. The van der Waals surface area contributed by atoms with Crippen LogP contribution in [0, 0.1) is 41.4 Å². The van der Waals surface area contributed by atoms with Crippen LogP contribution in [0.25, 0.3) is 0 Å². The first-order chi connectivity index (χ1) is 26.7. The van der Waals surface area contributed by atoms with Gasteiger partial charge in [0.1, 0.15) is 17.3 Å². The van der Waals surface area contributed by atoms with Gasteiger partial charge in [-0.05, 0) is 171 Å². The number of ketones is 2. The molecule has 0 heterocycles. The van der Waals surface area contributed by atoms with Crippen LogP contribution in [0.1, 0.15) is 180 Å². The van der Waals surface area contributed by atoms with Crippen molar-refractivity contribution in [1.82, 2.24) is 0 Å². The van der Waals surface area contributed by atoms with E-state index >= 15 is 0 Å². The maximum Gasteiger partial charge on any atom is 0.139 e. The van der Waals surface area contributed by atoms with Crippen molar-refractivity contribution in [3.63, 3.8) is 0 Å². The lowest BCUT2D eigenvalue weighted by atomic mass is 9.53. The number of methoxy groups -OCH3 is 1. The van der Waals surface area contributed by atoms with Gasteiger partial charge >= 0.3 is 0 Å². The normalized spacial score (nSPS) is 36.3. The Labute approximate surface area is 334 Å². The van der Waals surface area contributed by atoms with Gasteiger partial charge in [-0.3, -0.25) is 9.59 Å². The number of allylic oxidation sites excluding steroid dienone is 1. The van der Waals surface area contributed by atoms with Crippen LogP contribution in [0.2, 0.25) is 0 Å². The van der Waals surface area contributed by atoms with Gasteiger partial charge in [0, 0.05) is 36.2 Å². The second-order valence-corrected chi connectivity index (χ2v) is 19.7. The summed E-state index contributed by atoms with van der Waals surface area (Å²) >= 11 is 0. The van der Waals surface area contributed by atoms with E-state index in [1.54, 1.807) is 0 Å². The molecule has 5 heteroatoms. The maximum atomic E-state index is 13.3. The van der Waals surface area contributed by atoms with Crippen LogP contribution >= 0.6 is 0 Å². The summed E-state index contributed by atoms with van der Waals surface area (Å²) in [5.41, 5.74) is 2.65. The Balaban J connectivity index is 0.959. The molecule has 0 radical (unpaired) electrons. The average Bonchev–Trinajstić information content (AvgIpc) is 3.23. The molecule has 1 unspecified atom stereocenters. The second kappa shape index (κ2) is 19.2. The van der Waals surface area contributed by atoms with Gasteiger partial charge in [-0.1, -0.05) is 63.3 Å². The Hall–Kier alpha value is -1.98. The highest BCUT2D eigenvalue weighted by Gasteiger charge is 2.49. The quantitative estimate of drug-likeness (QED) is 0.188. The molecule has 55 heavy (non-hydrogen) atoms. The van der Waals surface area contributed by atoms with Crippen LogP contribution in [0.4, 0.5) is 0 Å². The summed E-state index contributed by atoms with van der Waals surface area (Å²) in [6.45, 7) is 9.43.